The SMILES string of the molecule is CC(NC(=O)c1cc(C2CC2)nc2ccc(Cl)cc12)C(C)C(=O)O. The number of rotatable bonds is 5. The lowest BCUT2D eigenvalue weighted by Crippen LogP contribution is -2.40. The quantitative estimate of drug-likeness (QED) is 0.866. The molecule has 2 atom stereocenters. The number of carbonyl (C=O) groups excluding carboxylic acids is 1. The van der Waals surface area contributed by atoms with Crippen LogP contribution in [0.3, 0.4) is 0 Å². The third-order valence-electron chi connectivity index (χ3n) is 4.53. The third kappa shape index (κ3) is 3.36. The Morgan fingerprint density at radius 2 is 2.00 bits per heavy atom. The molecule has 0 bridgehead atoms. The highest BCUT2D eigenvalue weighted by molar-refractivity contribution is 6.31. The highest BCUT2D eigenvalue weighted by Gasteiger charge is 2.28. The maximum absolute atomic E-state index is 12.7. The first kappa shape index (κ1) is 16.7. The zero-order valence-corrected chi connectivity index (χ0v) is 14.3. The van der Waals surface area contributed by atoms with E-state index in [-0.39, 0.29) is 5.91 Å². The van der Waals surface area contributed by atoms with E-state index in [1.807, 2.05) is 12.1 Å². The molecule has 3 rings (SSSR count). The lowest BCUT2D eigenvalue weighted by molar-refractivity contribution is -0.141. The highest BCUT2D eigenvalue weighted by atomic mass is 35.5. The minimum atomic E-state index is -0.941. The van der Waals surface area contributed by atoms with Gasteiger partial charge < -0.3 is 10.4 Å². The van der Waals surface area contributed by atoms with E-state index in [1.165, 1.54) is 0 Å². The fourth-order valence-corrected chi connectivity index (χ4v) is 2.79. The average molecular weight is 347 g/mol. The normalized spacial score (nSPS) is 16.6. The fourth-order valence-electron chi connectivity index (χ4n) is 2.62. The van der Waals surface area contributed by atoms with Gasteiger partial charge in [-0.05, 0) is 51.0 Å². The van der Waals surface area contributed by atoms with E-state index in [2.05, 4.69) is 10.3 Å². The largest absolute Gasteiger partial charge is 0.481 e. The summed E-state index contributed by atoms with van der Waals surface area (Å²) in [5.41, 5.74) is 2.13. The molecule has 1 saturated carbocycles. The van der Waals surface area contributed by atoms with Gasteiger partial charge in [0.15, 0.2) is 0 Å². The molecule has 2 N–H and O–H groups in total. The van der Waals surface area contributed by atoms with Gasteiger partial charge in [-0.15, -0.1) is 0 Å². The maximum atomic E-state index is 12.7. The number of carbonyl (C=O) groups is 2. The molecule has 1 fully saturated rings. The molecule has 0 saturated heterocycles. The number of aliphatic carboxylic acids is 1. The van der Waals surface area contributed by atoms with Crippen LogP contribution in [0.4, 0.5) is 0 Å². The van der Waals surface area contributed by atoms with Crippen molar-refractivity contribution < 1.29 is 14.7 Å². The number of nitrogens with one attached hydrogen (secondary N) is 1. The van der Waals surface area contributed by atoms with Gasteiger partial charge in [-0.1, -0.05) is 11.6 Å². The van der Waals surface area contributed by atoms with Crippen molar-refractivity contribution in [2.45, 2.75) is 38.6 Å². The van der Waals surface area contributed by atoms with Crippen molar-refractivity contribution in [2.75, 3.05) is 0 Å². The van der Waals surface area contributed by atoms with Crippen LogP contribution in [0.5, 0.6) is 0 Å². The number of carboxylic acids is 1. The fraction of sp³-hybridized carbons (Fsp3) is 0.389. The van der Waals surface area contributed by atoms with Crippen LogP contribution in [-0.4, -0.2) is 28.0 Å². The summed E-state index contributed by atoms with van der Waals surface area (Å²) in [5, 5.41) is 13.1. The molecule has 1 aliphatic carbocycles. The van der Waals surface area contributed by atoms with Gasteiger partial charge in [0, 0.05) is 28.1 Å². The van der Waals surface area contributed by atoms with E-state index in [9.17, 15) is 9.59 Å². The Morgan fingerprint density at radius 3 is 2.62 bits per heavy atom. The van der Waals surface area contributed by atoms with Gasteiger partial charge in [0.05, 0.1) is 17.0 Å². The molecule has 6 heteroatoms. The van der Waals surface area contributed by atoms with Crippen LogP contribution < -0.4 is 5.32 Å². The Bertz CT molecular complexity index is 817. The molecule has 0 spiro atoms. The van der Waals surface area contributed by atoms with Crippen molar-refractivity contribution >= 4 is 34.4 Å². The minimum absolute atomic E-state index is 0.299. The summed E-state index contributed by atoms with van der Waals surface area (Å²) in [6.45, 7) is 3.26. The Hall–Kier alpha value is -2.14. The molecule has 1 amide bonds. The molecule has 1 aromatic carbocycles. The van der Waals surface area contributed by atoms with Crippen molar-refractivity contribution in [3.63, 3.8) is 0 Å². The van der Waals surface area contributed by atoms with E-state index in [0.29, 0.717) is 21.9 Å². The lowest BCUT2D eigenvalue weighted by atomic mass is 10.0. The van der Waals surface area contributed by atoms with E-state index >= 15 is 0 Å². The summed E-state index contributed by atoms with van der Waals surface area (Å²) in [4.78, 5) is 28.4. The van der Waals surface area contributed by atoms with Gasteiger partial charge in [-0.2, -0.15) is 0 Å². The van der Waals surface area contributed by atoms with E-state index in [0.717, 1.165) is 24.1 Å². The van der Waals surface area contributed by atoms with Gasteiger partial charge in [0.1, 0.15) is 0 Å². The summed E-state index contributed by atoms with van der Waals surface area (Å²) >= 11 is 6.07. The Balaban J connectivity index is 1.98. The number of amides is 1. The first-order valence-electron chi connectivity index (χ1n) is 8.00. The summed E-state index contributed by atoms with van der Waals surface area (Å²) in [5.74, 6) is -1.50. The Morgan fingerprint density at radius 1 is 1.29 bits per heavy atom. The smallest absolute Gasteiger partial charge is 0.308 e. The van der Waals surface area contributed by atoms with Crippen LogP contribution in [0, 0.1) is 5.92 Å². The summed E-state index contributed by atoms with van der Waals surface area (Å²) < 4.78 is 0. The van der Waals surface area contributed by atoms with Gasteiger partial charge in [0.25, 0.3) is 5.91 Å². The summed E-state index contributed by atoms with van der Waals surface area (Å²) in [6.07, 6.45) is 2.17. The molecule has 2 unspecified atom stereocenters. The molecular formula is C18H19ClN2O3. The first-order chi connectivity index (χ1) is 11.4. The number of pyridine rings is 1. The molecule has 126 valence electrons. The Labute approximate surface area is 145 Å². The van der Waals surface area contributed by atoms with Crippen LogP contribution >= 0.6 is 11.6 Å². The molecule has 2 aromatic rings. The van der Waals surface area contributed by atoms with Gasteiger partial charge in [0.2, 0.25) is 0 Å². The van der Waals surface area contributed by atoms with Crippen LogP contribution in [-0.2, 0) is 4.79 Å². The number of hydrogen-bond acceptors (Lipinski definition) is 3. The van der Waals surface area contributed by atoms with E-state index in [1.54, 1.807) is 26.0 Å². The van der Waals surface area contributed by atoms with E-state index in [4.69, 9.17) is 16.7 Å². The van der Waals surface area contributed by atoms with Crippen molar-refractivity contribution in [1.82, 2.24) is 10.3 Å². The topological polar surface area (TPSA) is 79.3 Å². The van der Waals surface area contributed by atoms with Crippen LogP contribution in [0.15, 0.2) is 24.3 Å². The standard InChI is InChI=1S/C18H19ClN2O3/c1-9(18(23)24)10(2)20-17(22)14-8-16(11-3-4-11)21-15-6-5-12(19)7-13(14)15/h5-11H,3-4H2,1-2H3,(H,20,22)(H,23,24). The number of halogens is 1. The Kier molecular flexibility index (Phi) is 4.45. The lowest BCUT2D eigenvalue weighted by Gasteiger charge is -2.18. The third-order valence-corrected chi connectivity index (χ3v) is 4.76. The van der Waals surface area contributed by atoms with Crippen molar-refractivity contribution in [3.05, 3.63) is 40.5 Å². The number of nitrogens with zero attached hydrogens (tertiary/aromatic N) is 1. The highest BCUT2D eigenvalue weighted by Crippen LogP contribution is 2.40. The predicted octanol–water partition coefficient (Wildman–Crippen LogP) is 3.60. The number of aromatic nitrogens is 1. The second-order valence-electron chi connectivity index (χ2n) is 6.42. The zero-order valence-electron chi connectivity index (χ0n) is 13.5. The molecule has 1 aliphatic rings. The van der Waals surface area contributed by atoms with Crippen LogP contribution in [0.25, 0.3) is 10.9 Å². The summed E-state index contributed by atoms with van der Waals surface area (Å²) in [7, 11) is 0. The van der Waals surface area contributed by atoms with Crippen molar-refractivity contribution in [3.8, 4) is 0 Å². The maximum Gasteiger partial charge on any atom is 0.308 e. The first-order valence-corrected chi connectivity index (χ1v) is 8.38. The van der Waals surface area contributed by atoms with Crippen molar-refractivity contribution in [2.24, 2.45) is 5.92 Å². The second kappa shape index (κ2) is 6.40. The molecular weight excluding hydrogens is 328 g/mol. The number of carboxylic acid groups (broad SMARTS) is 1. The van der Waals surface area contributed by atoms with Gasteiger partial charge >= 0.3 is 5.97 Å². The summed E-state index contributed by atoms with van der Waals surface area (Å²) in [6, 6.07) is 6.61. The second-order valence-corrected chi connectivity index (χ2v) is 6.86. The minimum Gasteiger partial charge on any atom is -0.481 e. The number of benzene rings is 1. The van der Waals surface area contributed by atoms with Crippen LogP contribution in [0.1, 0.15) is 48.7 Å². The molecule has 1 aromatic heterocycles. The van der Waals surface area contributed by atoms with Crippen molar-refractivity contribution in [1.29, 1.82) is 0 Å². The zero-order chi connectivity index (χ0) is 17.4. The molecule has 1 heterocycles. The predicted molar refractivity (Wildman–Crippen MR) is 92.5 cm³/mol. The monoisotopic (exact) mass is 346 g/mol. The molecule has 5 nitrogen and oxygen atoms in total. The molecule has 0 radical (unpaired) electrons. The van der Waals surface area contributed by atoms with Crippen LogP contribution in [0.2, 0.25) is 5.02 Å². The van der Waals surface area contributed by atoms with Gasteiger partial charge in [-0.3, -0.25) is 14.6 Å². The molecule has 24 heavy (non-hydrogen) atoms. The molecule has 0 aliphatic heterocycles. The number of hydrogen-bond donors (Lipinski definition) is 2. The average Bonchev–Trinajstić information content (AvgIpc) is 3.37. The van der Waals surface area contributed by atoms with Gasteiger partial charge in [-0.25, -0.2) is 0 Å². The van der Waals surface area contributed by atoms with E-state index < -0.39 is 17.9 Å². The number of fused-ring (bicyclic) bond motifs is 1.